The fourth-order valence-electron chi connectivity index (χ4n) is 13.5. The Bertz CT molecular complexity index is 4930. The van der Waals surface area contributed by atoms with Gasteiger partial charge in [0, 0.05) is 102 Å². The van der Waals surface area contributed by atoms with Gasteiger partial charge in [0.15, 0.2) is 0 Å². The Morgan fingerprint density at radius 3 is 0.510 bits per heavy atom. The summed E-state index contributed by atoms with van der Waals surface area (Å²) in [6, 6.07) is 148. The molecule has 16 aromatic carbocycles. The van der Waals surface area contributed by atoms with Crippen molar-refractivity contribution in [3.05, 3.63) is 413 Å². The summed E-state index contributed by atoms with van der Waals surface area (Å²) in [5.41, 5.74) is 21.6. The maximum atomic E-state index is 2.35. The molecule has 0 bridgehead atoms. The number of hydrogen-bond donors (Lipinski definition) is 0. The molecular formula is C92H68N6. The first-order valence-corrected chi connectivity index (χ1v) is 33.3. The molecule has 0 spiro atoms. The molecular weight excluding hydrogens is 1190 g/mol. The lowest BCUT2D eigenvalue weighted by Gasteiger charge is -2.30. The van der Waals surface area contributed by atoms with Crippen LogP contribution in [0.2, 0.25) is 0 Å². The molecule has 6 nitrogen and oxygen atoms in total. The maximum absolute atomic E-state index is 2.35. The SMILES string of the molecule is c1ccc(N(c2ccc(-c3ccc(N(c4ccccc4)c4ccc(N(c5ccccc5)c5ccc(N(c6ccccc6)c6cccc7ccccc67)cc5)cc4)cc3)cc2)c2ccc(N(c3ccccc3)c3ccc(N(c4ccccc4)c4cccc5ccccc45)cc3)cc2)cc1. The Kier molecular flexibility index (Phi) is 16.7. The summed E-state index contributed by atoms with van der Waals surface area (Å²) in [5.74, 6) is 0. The van der Waals surface area contributed by atoms with Crippen LogP contribution in [0.3, 0.4) is 0 Å². The molecule has 466 valence electrons. The van der Waals surface area contributed by atoms with Gasteiger partial charge in [-0.3, -0.25) is 0 Å². The van der Waals surface area contributed by atoms with Gasteiger partial charge in [0.25, 0.3) is 0 Å². The minimum absolute atomic E-state index is 1.05. The maximum Gasteiger partial charge on any atom is 0.0540 e. The summed E-state index contributed by atoms with van der Waals surface area (Å²) >= 11 is 0. The van der Waals surface area contributed by atoms with Gasteiger partial charge in [0.1, 0.15) is 0 Å². The summed E-state index contributed by atoms with van der Waals surface area (Å²) in [6.07, 6.45) is 0. The highest BCUT2D eigenvalue weighted by molar-refractivity contribution is 6.01. The lowest BCUT2D eigenvalue weighted by atomic mass is 10.0. The number of fused-ring (bicyclic) bond motifs is 2. The molecule has 0 aromatic heterocycles. The third kappa shape index (κ3) is 12.2. The van der Waals surface area contributed by atoms with E-state index in [1.807, 2.05) is 0 Å². The van der Waals surface area contributed by atoms with Crippen LogP contribution in [0.4, 0.5) is 102 Å². The van der Waals surface area contributed by atoms with Gasteiger partial charge in [0.2, 0.25) is 0 Å². The summed E-state index contributed by atoms with van der Waals surface area (Å²) < 4.78 is 0. The second-order valence-corrected chi connectivity index (χ2v) is 24.2. The van der Waals surface area contributed by atoms with Crippen LogP contribution in [0.5, 0.6) is 0 Å². The van der Waals surface area contributed by atoms with E-state index in [2.05, 4.69) is 442 Å². The highest BCUT2D eigenvalue weighted by atomic mass is 15.2. The van der Waals surface area contributed by atoms with Gasteiger partial charge in [-0.05, 0) is 228 Å². The first-order valence-electron chi connectivity index (χ1n) is 33.3. The quantitative estimate of drug-likeness (QED) is 0.0798. The molecule has 0 aliphatic heterocycles. The van der Waals surface area contributed by atoms with Gasteiger partial charge in [-0.1, -0.05) is 206 Å². The molecule has 0 saturated heterocycles. The lowest BCUT2D eigenvalue weighted by molar-refractivity contribution is 1.25. The van der Waals surface area contributed by atoms with E-state index in [9.17, 15) is 0 Å². The average molecular weight is 1260 g/mol. The fourth-order valence-corrected chi connectivity index (χ4v) is 13.5. The summed E-state index contributed by atoms with van der Waals surface area (Å²) in [7, 11) is 0. The van der Waals surface area contributed by atoms with Crippen LogP contribution in [-0.4, -0.2) is 0 Å². The Balaban J connectivity index is 0.669. The molecule has 0 amide bonds. The molecule has 0 unspecified atom stereocenters. The number of benzene rings is 16. The van der Waals surface area contributed by atoms with Gasteiger partial charge >= 0.3 is 0 Å². The first-order chi connectivity index (χ1) is 48.6. The van der Waals surface area contributed by atoms with Crippen LogP contribution >= 0.6 is 0 Å². The van der Waals surface area contributed by atoms with E-state index in [-0.39, 0.29) is 0 Å². The number of rotatable bonds is 19. The van der Waals surface area contributed by atoms with Crippen molar-refractivity contribution in [3.63, 3.8) is 0 Å². The van der Waals surface area contributed by atoms with E-state index in [0.717, 1.165) is 113 Å². The molecule has 0 atom stereocenters. The molecule has 0 heterocycles. The minimum Gasteiger partial charge on any atom is -0.311 e. The van der Waals surface area contributed by atoms with Gasteiger partial charge in [-0.25, -0.2) is 0 Å². The molecule has 6 heteroatoms. The van der Waals surface area contributed by atoms with Crippen molar-refractivity contribution in [1.82, 2.24) is 0 Å². The van der Waals surface area contributed by atoms with E-state index in [4.69, 9.17) is 0 Å². The third-order valence-electron chi connectivity index (χ3n) is 18.2. The van der Waals surface area contributed by atoms with Crippen LogP contribution in [0.1, 0.15) is 0 Å². The lowest BCUT2D eigenvalue weighted by Crippen LogP contribution is -2.13. The van der Waals surface area contributed by atoms with Crippen molar-refractivity contribution >= 4 is 124 Å². The van der Waals surface area contributed by atoms with E-state index in [1.54, 1.807) is 0 Å². The van der Waals surface area contributed by atoms with Crippen molar-refractivity contribution in [3.8, 4) is 11.1 Å². The van der Waals surface area contributed by atoms with Crippen LogP contribution in [0.15, 0.2) is 413 Å². The second kappa shape index (κ2) is 27.4. The Morgan fingerprint density at radius 1 is 0.112 bits per heavy atom. The Labute approximate surface area is 573 Å². The molecule has 0 saturated carbocycles. The van der Waals surface area contributed by atoms with Gasteiger partial charge < -0.3 is 29.4 Å². The van der Waals surface area contributed by atoms with E-state index < -0.39 is 0 Å². The second-order valence-electron chi connectivity index (χ2n) is 24.2. The molecule has 0 N–H and O–H groups in total. The van der Waals surface area contributed by atoms with Crippen LogP contribution in [0.25, 0.3) is 32.7 Å². The number of hydrogen-bond acceptors (Lipinski definition) is 6. The van der Waals surface area contributed by atoms with Gasteiger partial charge in [-0.2, -0.15) is 0 Å². The predicted molar refractivity (Wildman–Crippen MR) is 415 cm³/mol. The molecule has 16 aromatic rings. The molecule has 0 radical (unpaired) electrons. The van der Waals surface area contributed by atoms with Crippen molar-refractivity contribution in [2.75, 3.05) is 29.4 Å². The van der Waals surface area contributed by atoms with Crippen molar-refractivity contribution in [2.24, 2.45) is 0 Å². The molecule has 98 heavy (non-hydrogen) atoms. The summed E-state index contributed by atoms with van der Waals surface area (Å²) in [5, 5.41) is 4.80. The minimum atomic E-state index is 1.05. The largest absolute Gasteiger partial charge is 0.311 e. The topological polar surface area (TPSA) is 19.4 Å². The van der Waals surface area contributed by atoms with Crippen molar-refractivity contribution in [2.45, 2.75) is 0 Å². The monoisotopic (exact) mass is 1260 g/mol. The summed E-state index contributed by atoms with van der Waals surface area (Å²) in [4.78, 5) is 14.0. The normalized spacial score (nSPS) is 11.1. The number of nitrogens with zero attached hydrogens (tertiary/aromatic N) is 6. The zero-order valence-electron chi connectivity index (χ0n) is 53.9. The molecule has 0 fully saturated rings. The standard InChI is InChI=1S/C92H68N6/c1-7-29-73(30-8-1)93(81-53-57-83(58-54-81)95(75-33-11-3-12-34-75)85-61-65-87(66-62-85)97(77-37-15-5-16-38-77)91-43-23-27-71-25-19-21-41-89(71)91)79-49-45-69(46-50-79)70-47-51-80(52-48-70)94(74-31-9-2-10-32-74)82-55-59-84(60-56-82)96(76-35-13-4-14-36-76)86-63-67-88(68-64-86)98(78-39-17-6-18-40-78)92-44-24-28-72-26-20-22-42-90(72)92/h1-68H. The number of anilines is 18. The van der Waals surface area contributed by atoms with Crippen LogP contribution in [0, 0.1) is 0 Å². The molecule has 16 rings (SSSR count). The Morgan fingerprint density at radius 2 is 0.276 bits per heavy atom. The van der Waals surface area contributed by atoms with Crippen LogP contribution < -0.4 is 29.4 Å². The van der Waals surface area contributed by atoms with E-state index in [1.165, 1.54) is 21.5 Å². The first kappa shape index (κ1) is 59.8. The predicted octanol–water partition coefficient (Wildman–Crippen LogP) is 26.5. The zero-order chi connectivity index (χ0) is 65.4. The smallest absolute Gasteiger partial charge is 0.0540 e. The molecule has 0 aliphatic carbocycles. The highest BCUT2D eigenvalue weighted by Crippen LogP contribution is 2.46. The molecule has 0 aliphatic rings. The third-order valence-corrected chi connectivity index (χ3v) is 18.2. The van der Waals surface area contributed by atoms with E-state index >= 15 is 0 Å². The summed E-state index contributed by atoms with van der Waals surface area (Å²) in [6.45, 7) is 0. The van der Waals surface area contributed by atoms with Gasteiger partial charge in [-0.15, -0.1) is 0 Å². The Hall–Kier alpha value is -13.2. The van der Waals surface area contributed by atoms with Crippen LogP contribution in [-0.2, 0) is 0 Å². The fraction of sp³-hybridized carbons (Fsp3) is 0. The zero-order valence-corrected chi connectivity index (χ0v) is 53.9. The van der Waals surface area contributed by atoms with Crippen molar-refractivity contribution < 1.29 is 0 Å². The number of para-hydroxylation sites is 6. The van der Waals surface area contributed by atoms with Crippen molar-refractivity contribution in [1.29, 1.82) is 0 Å². The average Bonchev–Trinajstić information content (AvgIpc) is 0.799. The van der Waals surface area contributed by atoms with Gasteiger partial charge in [0.05, 0.1) is 11.4 Å². The van der Waals surface area contributed by atoms with E-state index in [0.29, 0.717) is 0 Å². The highest BCUT2D eigenvalue weighted by Gasteiger charge is 2.22.